The number of aliphatic imine (C=N–C) groups is 1. The largest absolute Gasteiger partial charge is 0.330 e. The zero-order valence-electron chi connectivity index (χ0n) is 5.58. The van der Waals surface area contributed by atoms with Crippen molar-refractivity contribution in [3.63, 3.8) is 0 Å². The van der Waals surface area contributed by atoms with Gasteiger partial charge >= 0.3 is 0 Å². The zero-order chi connectivity index (χ0) is 6.74. The van der Waals surface area contributed by atoms with Crippen LogP contribution in [0.2, 0.25) is 0 Å². The Hall–Kier alpha value is -0.280. The molecule has 1 aliphatic rings. The Bertz CT molecular complexity index is 139. The Balaban J connectivity index is 2.53. The molecule has 0 aliphatic carbocycles. The van der Waals surface area contributed by atoms with Crippen LogP contribution in [0.1, 0.15) is 0 Å². The lowest BCUT2D eigenvalue weighted by Gasteiger charge is -2.22. The minimum atomic E-state index is -0.651. The van der Waals surface area contributed by atoms with E-state index in [2.05, 4.69) is 16.7 Å². The van der Waals surface area contributed by atoms with Crippen molar-refractivity contribution in [2.45, 2.75) is 0 Å². The van der Waals surface area contributed by atoms with Gasteiger partial charge in [0.05, 0.1) is 0 Å². The fourth-order valence-corrected chi connectivity index (χ4v) is 2.27. The predicted octanol–water partition coefficient (Wildman–Crippen LogP) is 0.893. The van der Waals surface area contributed by atoms with Crippen LogP contribution in [0.15, 0.2) is 16.6 Å². The molecule has 0 saturated carbocycles. The van der Waals surface area contributed by atoms with Crippen molar-refractivity contribution in [1.82, 2.24) is 0 Å². The highest BCUT2D eigenvalue weighted by atomic mass is 32.3. The van der Waals surface area contributed by atoms with Gasteiger partial charge in [-0.2, -0.15) is 10.0 Å². The van der Waals surface area contributed by atoms with E-state index in [0.717, 1.165) is 12.3 Å². The molecular formula is C6H12N2S. The Labute approximate surface area is 57.2 Å². The second-order valence-electron chi connectivity index (χ2n) is 2.26. The molecule has 2 N–H and O–H groups in total. The molecule has 0 radical (unpaired) electrons. The summed E-state index contributed by atoms with van der Waals surface area (Å²) >= 11 is 0. The summed E-state index contributed by atoms with van der Waals surface area (Å²) in [7, 11) is -0.651. The Morgan fingerprint density at radius 2 is 2.44 bits per heavy atom. The molecule has 0 aromatic rings. The molecule has 0 saturated heterocycles. The molecule has 1 atom stereocenters. The van der Waals surface area contributed by atoms with Crippen molar-refractivity contribution in [3.8, 4) is 0 Å². The molecule has 1 heterocycles. The van der Waals surface area contributed by atoms with Crippen molar-refractivity contribution < 1.29 is 0 Å². The Morgan fingerprint density at radius 1 is 1.67 bits per heavy atom. The fourth-order valence-electron chi connectivity index (χ4n) is 0.758. The van der Waals surface area contributed by atoms with Crippen molar-refractivity contribution in [3.05, 3.63) is 11.6 Å². The number of nitrogens with two attached hydrogens (primary N) is 1. The molecular weight excluding hydrogens is 132 g/mol. The van der Waals surface area contributed by atoms with Gasteiger partial charge in [-0.1, -0.05) is 0 Å². The number of nitrogens with zero attached hydrogens (tertiary/aromatic N) is 1. The first kappa shape index (κ1) is 6.83. The Morgan fingerprint density at radius 3 is 2.89 bits per heavy atom. The minimum absolute atomic E-state index is 0.651. The molecule has 0 spiro atoms. The average Bonchev–Trinajstić information content (AvgIpc) is 2.16. The first-order chi connectivity index (χ1) is 4.27. The molecule has 3 heteroatoms. The van der Waals surface area contributed by atoms with Crippen LogP contribution in [0.3, 0.4) is 0 Å². The highest BCUT2D eigenvalue weighted by molar-refractivity contribution is 8.45. The van der Waals surface area contributed by atoms with E-state index in [1.165, 1.54) is 0 Å². The van der Waals surface area contributed by atoms with Crippen LogP contribution in [-0.4, -0.2) is 24.1 Å². The monoisotopic (exact) mass is 144 g/mol. The van der Waals surface area contributed by atoms with Gasteiger partial charge in [-0.15, -0.1) is 0 Å². The summed E-state index contributed by atoms with van der Waals surface area (Å²) in [6.07, 6.45) is 4.08. The van der Waals surface area contributed by atoms with E-state index in [0.29, 0.717) is 0 Å². The normalized spacial score (nSPS) is 38.9. The third-order valence-electron chi connectivity index (χ3n) is 1.32. The summed E-state index contributed by atoms with van der Waals surface area (Å²) < 4.78 is 0. The second kappa shape index (κ2) is 2.54. The van der Waals surface area contributed by atoms with Crippen LogP contribution in [-0.2, 0) is 0 Å². The molecule has 0 aromatic heterocycles. The third-order valence-corrected chi connectivity index (χ3v) is 3.78. The molecule has 0 aromatic carbocycles. The first-order valence-corrected chi connectivity index (χ1v) is 5.26. The smallest absolute Gasteiger partial charge is 0.0460 e. The quantitative estimate of drug-likeness (QED) is 0.614. The maximum absolute atomic E-state index is 5.42. The van der Waals surface area contributed by atoms with Gasteiger partial charge in [-0.05, 0) is 17.4 Å². The minimum Gasteiger partial charge on any atom is -0.330 e. The van der Waals surface area contributed by atoms with Gasteiger partial charge in [0.15, 0.2) is 0 Å². The van der Waals surface area contributed by atoms with Gasteiger partial charge in [0.1, 0.15) is 0 Å². The summed E-state index contributed by atoms with van der Waals surface area (Å²) in [5.74, 6) is 1.08. The third kappa shape index (κ3) is 1.56. The first-order valence-electron chi connectivity index (χ1n) is 2.93. The molecule has 1 aliphatic heterocycles. The van der Waals surface area contributed by atoms with E-state index >= 15 is 0 Å². The summed E-state index contributed by atoms with van der Waals surface area (Å²) in [6.45, 7) is 0.766. The molecule has 2 nitrogen and oxygen atoms in total. The van der Waals surface area contributed by atoms with Gasteiger partial charge in [-0.3, -0.25) is 4.99 Å². The molecule has 0 amide bonds. The average molecular weight is 144 g/mol. The standard InChI is InChI=1S/C6H12N2S/c1-9(4-2-7)5-3-8-6-9/h3,5-6H,2,4,7H2,1H3. The maximum Gasteiger partial charge on any atom is 0.0460 e. The topological polar surface area (TPSA) is 38.4 Å². The molecule has 1 unspecified atom stereocenters. The van der Waals surface area contributed by atoms with Gasteiger partial charge in [0.2, 0.25) is 0 Å². The summed E-state index contributed by atoms with van der Waals surface area (Å²) in [4.78, 5) is 4.03. The van der Waals surface area contributed by atoms with Crippen molar-refractivity contribution >= 4 is 15.6 Å². The summed E-state index contributed by atoms with van der Waals surface area (Å²) in [5, 5.41) is 2.17. The number of hydrogen-bond acceptors (Lipinski definition) is 2. The van der Waals surface area contributed by atoms with E-state index in [-0.39, 0.29) is 0 Å². The number of rotatable bonds is 2. The summed E-state index contributed by atoms with van der Waals surface area (Å²) in [5.41, 5.74) is 7.45. The second-order valence-corrected chi connectivity index (χ2v) is 5.61. The molecule has 52 valence electrons. The highest BCUT2D eigenvalue weighted by Gasteiger charge is 2.12. The van der Waals surface area contributed by atoms with E-state index in [4.69, 9.17) is 5.73 Å². The molecule has 0 bridgehead atoms. The fraction of sp³-hybridized carbons (Fsp3) is 0.500. The van der Waals surface area contributed by atoms with Crippen LogP contribution >= 0.6 is 10.0 Å². The number of hydrogen-bond donors (Lipinski definition) is 1. The van der Waals surface area contributed by atoms with Crippen molar-refractivity contribution in [2.24, 2.45) is 10.7 Å². The maximum atomic E-state index is 5.42. The molecule has 0 fully saturated rings. The van der Waals surface area contributed by atoms with Gasteiger partial charge < -0.3 is 5.73 Å². The SMILES string of the molecule is CS1(CCN)C=CN=C1. The van der Waals surface area contributed by atoms with Gasteiger partial charge in [-0.25, -0.2) is 0 Å². The van der Waals surface area contributed by atoms with Crippen LogP contribution in [0.25, 0.3) is 0 Å². The zero-order valence-corrected chi connectivity index (χ0v) is 6.40. The van der Waals surface area contributed by atoms with E-state index in [9.17, 15) is 0 Å². The van der Waals surface area contributed by atoms with Gasteiger partial charge in [0, 0.05) is 18.3 Å². The predicted molar refractivity (Wildman–Crippen MR) is 45.1 cm³/mol. The van der Waals surface area contributed by atoms with E-state index in [1.807, 2.05) is 11.7 Å². The Kier molecular flexibility index (Phi) is 1.93. The van der Waals surface area contributed by atoms with Crippen molar-refractivity contribution in [2.75, 3.05) is 18.6 Å². The van der Waals surface area contributed by atoms with Crippen LogP contribution in [0, 0.1) is 0 Å². The van der Waals surface area contributed by atoms with Crippen LogP contribution in [0.5, 0.6) is 0 Å². The van der Waals surface area contributed by atoms with Crippen LogP contribution in [0.4, 0.5) is 0 Å². The summed E-state index contributed by atoms with van der Waals surface area (Å²) in [6, 6.07) is 0. The van der Waals surface area contributed by atoms with Crippen LogP contribution < -0.4 is 5.73 Å². The van der Waals surface area contributed by atoms with Gasteiger partial charge in [0.25, 0.3) is 0 Å². The van der Waals surface area contributed by atoms with E-state index < -0.39 is 10.0 Å². The highest BCUT2D eigenvalue weighted by Crippen LogP contribution is 2.44. The molecule has 9 heavy (non-hydrogen) atoms. The lowest BCUT2D eigenvalue weighted by atomic mass is 10.8. The molecule has 1 rings (SSSR count). The lowest BCUT2D eigenvalue weighted by molar-refractivity contribution is 1.15. The van der Waals surface area contributed by atoms with Crippen molar-refractivity contribution in [1.29, 1.82) is 0 Å². The lowest BCUT2D eigenvalue weighted by Crippen LogP contribution is -2.10. The van der Waals surface area contributed by atoms with E-state index in [1.54, 1.807) is 0 Å².